The zero-order valence-corrected chi connectivity index (χ0v) is 21.7. The number of aliphatic carboxylic acids is 1. The maximum absolute atomic E-state index is 12.7. The molecular weight excluding hydrogens is 490 g/mol. The Kier molecular flexibility index (Phi) is 7.89. The summed E-state index contributed by atoms with van der Waals surface area (Å²) < 4.78 is 10.7. The molecule has 0 saturated carbocycles. The van der Waals surface area contributed by atoms with Gasteiger partial charge in [0.05, 0.1) is 6.04 Å². The van der Waals surface area contributed by atoms with Crippen molar-refractivity contribution in [1.29, 1.82) is 0 Å². The van der Waals surface area contributed by atoms with Crippen LogP contribution in [0.15, 0.2) is 48.5 Å². The Hall–Kier alpha value is -4.08. The number of amides is 3. The first-order valence-electron chi connectivity index (χ1n) is 12.6. The van der Waals surface area contributed by atoms with E-state index in [1.165, 1.54) is 4.90 Å². The molecule has 2 aromatic carbocycles. The second-order valence-corrected chi connectivity index (χ2v) is 10.5. The Labute approximate surface area is 221 Å². The minimum atomic E-state index is -1.16. The number of hydrogen-bond acceptors (Lipinski definition) is 6. The number of alkyl carbamates (subject to hydrolysis) is 2. The van der Waals surface area contributed by atoms with E-state index in [1.54, 1.807) is 20.8 Å². The number of hydrogen-bond donors (Lipinski definition) is 3. The van der Waals surface area contributed by atoms with Gasteiger partial charge in [0.2, 0.25) is 5.91 Å². The lowest BCUT2D eigenvalue weighted by molar-refractivity contribution is -0.148. The number of carbonyl (C=O) groups is 4. The SMILES string of the molecule is CC(C)(C)OC(=O)NCCC(=O)N1C[C@@H](NC(=O)OCC2c3ccccc3-c3ccccc32)C[C@H]1C(=O)O. The van der Waals surface area contributed by atoms with E-state index >= 15 is 0 Å². The Bertz CT molecular complexity index is 1180. The van der Waals surface area contributed by atoms with Gasteiger partial charge in [-0.2, -0.15) is 0 Å². The van der Waals surface area contributed by atoms with Crippen molar-refractivity contribution in [3.63, 3.8) is 0 Å². The molecule has 10 heteroatoms. The van der Waals surface area contributed by atoms with Gasteiger partial charge in [0.25, 0.3) is 0 Å². The van der Waals surface area contributed by atoms with Crippen LogP contribution in [-0.2, 0) is 19.1 Å². The van der Waals surface area contributed by atoms with Crippen molar-refractivity contribution in [2.75, 3.05) is 19.7 Å². The molecule has 0 spiro atoms. The highest BCUT2D eigenvalue weighted by Gasteiger charge is 2.40. The molecule has 4 rings (SSSR count). The van der Waals surface area contributed by atoms with E-state index in [9.17, 15) is 24.3 Å². The normalized spacial score (nSPS) is 18.3. The average molecular weight is 524 g/mol. The summed E-state index contributed by atoms with van der Waals surface area (Å²) in [5, 5.41) is 14.8. The van der Waals surface area contributed by atoms with Gasteiger partial charge < -0.3 is 30.1 Å². The minimum Gasteiger partial charge on any atom is -0.480 e. The summed E-state index contributed by atoms with van der Waals surface area (Å²) in [5.74, 6) is -1.69. The molecule has 0 unspecified atom stereocenters. The van der Waals surface area contributed by atoms with Crippen LogP contribution in [0.1, 0.15) is 50.7 Å². The monoisotopic (exact) mass is 523 g/mol. The lowest BCUT2D eigenvalue weighted by Gasteiger charge is -2.22. The van der Waals surface area contributed by atoms with E-state index in [4.69, 9.17) is 9.47 Å². The molecule has 2 atom stereocenters. The number of carboxylic acid groups (broad SMARTS) is 1. The molecule has 1 fully saturated rings. The fourth-order valence-corrected chi connectivity index (χ4v) is 4.99. The lowest BCUT2D eigenvalue weighted by atomic mass is 9.98. The summed E-state index contributed by atoms with van der Waals surface area (Å²) in [4.78, 5) is 50.2. The van der Waals surface area contributed by atoms with Crippen molar-refractivity contribution < 1.29 is 33.8 Å². The molecule has 1 aliphatic heterocycles. The molecule has 1 saturated heterocycles. The predicted octanol–water partition coefficient (Wildman–Crippen LogP) is 3.49. The van der Waals surface area contributed by atoms with Gasteiger partial charge in [0.15, 0.2) is 0 Å². The third-order valence-electron chi connectivity index (χ3n) is 6.58. The number of fused-ring (bicyclic) bond motifs is 3. The molecule has 1 heterocycles. The smallest absolute Gasteiger partial charge is 0.407 e. The third kappa shape index (κ3) is 6.24. The van der Waals surface area contributed by atoms with Gasteiger partial charge in [0, 0.05) is 31.8 Å². The minimum absolute atomic E-state index is 0.00105. The second-order valence-electron chi connectivity index (χ2n) is 10.5. The second kappa shape index (κ2) is 11.1. The Balaban J connectivity index is 1.30. The molecule has 3 N–H and O–H groups in total. The molecule has 10 nitrogen and oxygen atoms in total. The first-order chi connectivity index (χ1) is 18.0. The first kappa shape index (κ1) is 27.0. The quantitative estimate of drug-likeness (QED) is 0.506. The van der Waals surface area contributed by atoms with E-state index < -0.39 is 41.7 Å². The number of nitrogens with one attached hydrogen (secondary N) is 2. The van der Waals surface area contributed by atoms with Crippen LogP contribution in [-0.4, -0.2) is 71.5 Å². The maximum atomic E-state index is 12.7. The molecule has 202 valence electrons. The van der Waals surface area contributed by atoms with Gasteiger partial charge in [-0.05, 0) is 43.0 Å². The number of ether oxygens (including phenoxy) is 2. The van der Waals surface area contributed by atoms with Crippen LogP contribution in [0, 0.1) is 0 Å². The topological polar surface area (TPSA) is 134 Å². The summed E-state index contributed by atoms with van der Waals surface area (Å²) in [6.07, 6.45) is -1.36. The molecule has 2 aromatic rings. The number of likely N-dealkylation sites (tertiary alicyclic amines) is 1. The number of carbonyl (C=O) groups excluding carboxylic acids is 3. The van der Waals surface area contributed by atoms with E-state index in [0.29, 0.717) is 0 Å². The first-order valence-corrected chi connectivity index (χ1v) is 12.6. The molecule has 0 radical (unpaired) electrons. The zero-order valence-electron chi connectivity index (χ0n) is 21.7. The predicted molar refractivity (Wildman–Crippen MR) is 139 cm³/mol. The van der Waals surface area contributed by atoms with Crippen molar-refractivity contribution in [3.8, 4) is 11.1 Å². The van der Waals surface area contributed by atoms with Crippen molar-refractivity contribution >= 4 is 24.1 Å². The van der Waals surface area contributed by atoms with Crippen LogP contribution in [0.2, 0.25) is 0 Å². The Morgan fingerprint density at radius 1 is 0.974 bits per heavy atom. The Morgan fingerprint density at radius 2 is 1.58 bits per heavy atom. The van der Waals surface area contributed by atoms with E-state index in [1.807, 2.05) is 48.5 Å². The zero-order chi connectivity index (χ0) is 27.4. The van der Waals surface area contributed by atoms with Gasteiger partial charge in [0.1, 0.15) is 18.2 Å². The summed E-state index contributed by atoms with van der Waals surface area (Å²) in [6.45, 7) is 5.34. The largest absolute Gasteiger partial charge is 0.480 e. The molecule has 2 aliphatic rings. The summed E-state index contributed by atoms with van der Waals surface area (Å²) in [6, 6.07) is 14.4. The van der Waals surface area contributed by atoms with Gasteiger partial charge in [-0.15, -0.1) is 0 Å². The van der Waals surface area contributed by atoms with Crippen LogP contribution in [0.4, 0.5) is 9.59 Å². The number of nitrogens with zero attached hydrogens (tertiary/aromatic N) is 1. The maximum Gasteiger partial charge on any atom is 0.407 e. The fourth-order valence-electron chi connectivity index (χ4n) is 4.99. The highest BCUT2D eigenvalue weighted by molar-refractivity contribution is 5.85. The average Bonchev–Trinajstić information content (AvgIpc) is 3.41. The highest BCUT2D eigenvalue weighted by atomic mass is 16.6. The van der Waals surface area contributed by atoms with E-state index in [0.717, 1.165) is 22.3 Å². The number of benzene rings is 2. The Morgan fingerprint density at radius 3 is 2.16 bits per heavy atom. The van der Waals surface area contributed by atoms with Gasteiger partial charge in [-0.1, -0.05) is 48.5 Å². The molecule has 38 heavy (non-hydrogen) atoms. The molecule has 0 bridgehead atoms. The third-order valence-corrected chi connectivity index (χ3v) is 6.58. The van der Waals surface area contributed by atoms with E-state index in [2.05, 4.69) is 10.6 Å². The summed E-state index contributed by atoms with van der Waals surface area (Å²) in [7, 11) is 0. The van der Waals surface area contributed by atoms with Crippen molar-refractivity contribution in [2.24, 2.45) is 0 Å². The lowest BCUT2D eigenvalue weighted by Crippen LogP contribution is -2.43. The van der Waals surface area contributed by atoms with Crippen LogP contribution >= 0.6 is 0 Å². The number of rotatable bonds is 7. The van der Waals surface area contributed by atoms with Gasteiger partial charge in [-0.3, -0.25) is 4.79 Å². The summed E-state index contributed by atoms with van der Waals surface area (Å²) in [5.41, 5.74) is 3.74. The van der Waals surface area contributed by atoms with Crippen LogP contribution < -0.4 is 10.6 Å². The van der Waals surface area contributed by atoms with E-state index in [-0.39, 0.29) is 38.5 Å². The molecule has 1 aliphatic carbocycles. The van der Waals surface area contributed by atoms with Crippen molar-refractivity contribution in [2.45, 2.75) is 57.2 Å². The van der Waals surface area contributed by atoms with Gasteiger partial charge in [-0.25, -0.2) is 14.4 Å². The fraction of sp³-hybridized carbons (Fsp3) is 0.429. The van der Waals surface area contributed by atoms with Gasteiger partial charge >= 0.3 is 18.2 Å². The van der Waals surface area contributed by atoms with Crippen molar-refractivity contribution in [3.05, 3.63) is 59.7 Å². The van der Waals surface area contributed by atoms with Crippen molar-refractivity contribution in [1.82, 2.24) is 15.5 Å². The molecule has 3 amide bonds. The van der Waals surface area contributed by atoms with Crippen LogP contribution in [0.3, 0.4) is 0 Å². The molecular formula is C28H33N3O7. The van der Waals surface area contributed by atoms with Crippen LogP contribution in [0.5, 0.6) is 0 Å². The highest BCUT2D eigenvalue weighted by Crippen LogP contribution is 2.44. The standard InChI is InChI=1S/C28H33N3O7/c1-28(2,3)38-26(35)29-13-12-24(32)31-15-17(14-23(31)25(33)34)30-27(36)37-16-22-20-10-6-4-8-18(20)19-9-5-7-11-21(19)22/h4-11,17,22-23H,12-16H2,1-3H3,(H,29,35)(H,30,36)(H,33,34)/t17-,23-/m0/s1. The summed E-state index contributed by atoms with van der Waals surface area (Å²) >= 11 is 0. The number of carboxylic acids is 1. The molecule has 0 aromatic heterocycles. The van der Waals surface area contributed by atoms with Crippen LogP contribution in [0.25, 0.3) is 11.1 Å².